The number of fused-ring (bicyclic) bond motifs is 1. The van der Waals surface area contributed by atoms with Crippen LogP contribution in [0.2, 0.25) is 0 Å². The number of carbonyl (C=O) groups is 2. The van der Waals surface area contributed by atoms with Crippen LogP contribution in [0.25, 0.3) is 10.1 Å². The van der Waals surface area contributed by atoms with Crippen LogP contribution in [0.4, 0.5) is 4.39 Å². The van der Waals surface area contributed by atoms with Crippen LogP contribution in [0.15, 0.2) is 12.1 Å². The Kier molecular flexibility index (Phi) is 5.74. The highest BCUT2D eigenvalue weighted by Crippen LogP contribution is 2.39. The van der Waals surface area contributed by atoms with Gasteiger partial charge in [-0.3, -0.25) is 9.59 Å². The zero-order valence-corrected chi connectivity index (χ0v) is 14.2. The summed E-state index contributed by atoms with van der Waals surface area (Å²) in [6.07, 6.45) is -0.0415. The van der Waals surface area contributed by atoms with Crippen LogP contribution in [-0.4, -0.2) is 37.9 Å². The minimum Gasteiger partial charge on any atom is -0.504 e. The summed E-state index contributed by atoms with van der Waals surface area (Å²) in [5.41, 5.74) is 0. The molecule has 0 aliphatic carbocycles. The fourth-order valence-corrected chi connectivity index (χ4v) is 3.20. The molecule has 1 atom stereocenters. The van der Waals surface area contributed by atoms with Gasteiger partial charge in [-0.25, -0.2) is 4.39 Å². The highest BCUT2D eigenvalue weighted by molar-refractivity contribution is 7.20. The summed E-state index contributed by atoms with van der Waals surface area (Å²) < 4.78 is 29.2. The van der Waals surface area contributed by atoms with Gasteiger partial charge in [0.25, 0.3) is 0 Å². The maximum Gasteiger partial charge on any atom is 0.308 e. The molecule has 0 radical (unpaired) electrons. The lowest BCUT2D eigenvalue weighted by Crippen LogP contribution is -2.16. The first-order valence-corrected chi connectivity index (χ1v) is 7.88. The van der Waals surface area contributed by atoms with Crippen molar-refractivity contribution in [2.24, 2.45) is 5.92 Å². The number of methoxy groups -OCH3 is 2. The smallest absolute Gasteiger partial charge is 0.308 e. The number of benzene rings is 1. The number of phenols is 1. The monoisotopic (exact) mass is 356 g/mol. The molecular formula is C16H17FO6S. The Labute approximate surface area is 141 Å². The second-order valence-electron chi connectivity index (χ2n) is 5.16. The van der Waals surface area contributed by atoms with Gasteiger partial charge in [-0.05, 0) is 6.07 Å². The van der Waals surface area contributed by atoms with Gasteiger partial charge in [0.05, 0.1) is 17.9 Å². The van der Waals surface area contributed by atoms with Gasteiger partial charge in [-0.15, -0.1) is 11.3 Å². The minimum absolute atomic E-state index is 0.0415. The Morgan fingerprint density at radius 3 is 2.67 bits per heavy atom. The van der Waals surface area contributed by atoms with Gasteiger partial charge in [0.1, 0.15) is 0 Å². The molecule has 1 aromatic heterocycles. The molecule has 8 heteroatoms. The number of hydrogen-bond acceptors (Lipinski definition) is 7. The number of esters is 1. The standard InChI is InChI=1S/C16H17FO6S/c1-8(16(20)22-3)4-10(18)13-5-9-12(24-13)6-11(19)15(14(9)17)23-7-21-2/h5-6,8,19H,4,7H2,1-3H3. The average Bonchev–Trinajstić information content (AvgIpc) is 2.98. The van der Waals surface area contributed by atoms with Gasteiger partial charge >= 0.3 is 5.97 Å². The van der Waals surface area contributed by atoms with E-state index in [0.29, 0.717) is 9.58 Å². The Morgan fingerprint density at radius 1 is 1.33 bits per heavy atom. The molecule has 0 amide bonds. The highest BCUT2D eigenvalue weighted by atomic mass is 32.1. The van der Waals surface area contributed by atoms with Crippen molar-refractivity contribution in [3.05, 3.63) is 22.8 Å². The van der Waals surface area contributed by atoms with Crippen molar-refractivity contribution in [3.8, 4) is 11.5 Å². The van der Waals surface area contributed by atoms with Gasteiger partial charge in [0, 0.05) is 29.7 Å². The van der Waals surface area contributed by atoms with Gasteiger partial charge in [-0.2, -0.15) is 0 Å². The van der Waals surface area contributed by atoms with Crippen molar-refractivity contribution in [3.63, 3.8) is 0 Å². The number of aromatic hydroxyl groups is 1. The first kappa shape index (κ1) is 18.2. The van der Waals surface area contributed by atoms with E-state index in [1.165, 1.54) is 26.4 Å². The summed E-state index contributed by atoms with van der Waals surface area (Å²) in [6.45, 7) is 1.36. The van der Waals surface area contributed by atoms with Crippen molar-refractivity contribution in [2.45, 2.75) is 13.3 Å². The van der Waals surface area contributed by atoms with Crippen molar-refractivity contribution in [1.29, 1.82) is 0 Å². The second-order valence-corrected chi connectivity index (χ2v) is 6.25. The molecule has 130 valence electrons. The van der Waals surface area contributed by atoms with E-state index in [4.69, 9.17) is 9.47 Å². The summed E-state index contributed by atoms with van der Waals surface area (Å²) in [4.78, 5) is 24.0. The van der Waals surface area contributed by atoms with Crippen molar-refractivity contribution < 1.29 is 33.3 Å². The number of ketones is 1. The zero-order chi connectivity index (χ0) is 17.9. The van der Waals surface area contributed by atoms with E-state index in [1.54, 1.807) is 6.92 Å². The van der Waals surface area contributed by atoms with Crippen LogP contribution in [0.3, 0.4) is 0 Å². The maximum absolute atomic E-state index is 14.5. The zero-order valence-electron chi connectivity index (χ0n) is 13.4. The number of ether oxygens (including phenoxy) is 3. The molecule has 0 saturated carbocycles. The molecule has 0 spiro atoms. The number of phenolic OH excluding ortho intramolecular Hbond substituents is 1. The SMILES string of the molecule is COCOc1c(O)cc2sc(C(=O)CC(C)C(=O)OC)cc2c1F. The van der Waals surface area contributed by atoms with E-state index in [9.17, 15) is 19.1 Å². The predicted octanol–water partition coefficient (Wildman–Crippen LogP) is 3.11. The molecule has 0 saturated heterocycles. The van der Waals surface area contributed by atoms with Crippen LogP contribution < -0.4 is 4.74 Å². The first-order chi connectivity index (χ1) is 11.4. The highest BCUT2D eigenvalue weighted by Gasteiger charge is 2.22. The van der Waals surface area contributed by atoms with Crippen molar-refractivity contribution in [1.82, 2.24) is 0 Å². The molecule has 24 heavy (non-hydrogen) atoms. The van der Waals surface area contributed by atoms with Crippen LogP contribution in [0, 0.1) is 11.7 Å². The Bertz CT molecular complexity index is 770. The van der Waals surface area contributed by atoms with Crippen molar-refractivity contribution in [2.75, 3.05) is 21.0 Å². The van der Waals surface area contributed by atoms with Crippen LogP contribution in [0.1, 0.15) is 23.0 Å². The van der Waals surface area contributed by atoms with E-state index in [-0.39, 0.29) is 35.9 Å². The Hall–Kier alpha value is -2.19. The predicted molar refractivity (Wildman–Crippen MR) is 86.1 cm³/mol. The summed E-state index contributed by atoms with van der Waals surface area (Å²) in [5, 5.41) is 10.0. The van der Waals surface area contributed by atoms with E-state index in [0.717, 1.165) is 11.3 Å². The first-order valence-electron chi connectivity index (χ1n) is 7.06. The van der Waals surface area contributed by atoms with Crippen molar-refractivity contribution >= 4 is 33.2 Å². The number of carbonyl (C=O) groups excluding carboxylic acids is 2. The largest absolute Gasteiger partial charge is 0.504 e. The number of Topliss-reactive ketones (excluding diaryl/α,β-unsaturated/α-hetero) is 1. The lowest BCUT2D eigenvalue weighted by molar-refractivity contribution is -0.144. The van der Waals surface area contributed by atoms with Crippen LogP contribution in [-0.2, 0) is 14.3 Å². The molecule has 1 heterocycles. The van der Waals surface area contributed by atoms with Crippen LogP contribution in [0.5, 0.6) is 11.5 Å². The van der Waals surface area contributed by atoms with Gasteiger partial charge in [-0.1, -0.05) is 6.92 Å². The minimum atomic E-state index is -0.765. The van der Waals surface area contributed by atoms with Gasteiger partial charge < -0.3 is 19.3 Å². The average molecular weight is 356 g/mol. The molecule has 0 aliphatic rings. The molecule has 0 aliphatic heterocycles. The Morgan fingerprint density at radius 2 is 2.04 bits per heavy atom. The Balaban J connectivity index is 2.32. The summed E-state index contributed by atoms with van der Waals surface area (Å²) >= 11 is 1.04. The summed E-state index contributed by atoms with van der Waals surface area (Å²) in [5.74, 6) is -2.84. The van der Waals surface area contributed by atoms with E-state index in [1.807, 2.05) is 0 Å². The summed E-state index contributed by atoms with van der Waals surface area (Å²) in [7, 11) is 2.62. The lowest BCUT2D eigenvalue weighted by atomic mass is 10.0. The van der Waals surface area contributed by atoms with Gasteiger partial charge in [0.2, 0.25) is 0 Å². The summed E-state index contributed by atoms with van der Waals surface area (Å²) in [6, 6.07) is 2.72. The molecule has 1 N–H and O–H groups in total. The van der Waals surface area contributed by atoms with E-state index in [2.05, 4.69) is 4.74 Å². The molecule has 6 nitrogen and oxygen atoms in total. The fraction of sp³-hybridized carbons (Fsp3) is 0.375. The third-order valence-corrected chi connectivity index (χ3v) is 4.51. The topological polar surface area (TPSA) is 82.1 Å². The van der Waals surface area contributed by atoms with E-state index >= 15 is 0 Å². The molecule has 0 fully saturated rings. The lowest BCUT2D eigenvalue weighted by Gasteiger charge is -2.08. The normalized spacial score (nSPS) is 12.2. The number of rotatable bonds is 7. The molecular weight excluding hydrogens is 339 g/mol. The third kappa shape index (κ3) is 3.65. The van der Waals surface area contributed by atoms with E-state index < -0.39 is 17.7 Å². The molecule has 0 bridgehead atoms. The molecule has 1 aromatic carbocycles. The molecule has 2 rings (SSSR count). The van der Waals surface area contributed by atoms with Crippen LogP contribution >= 0.6 is 11.3 Å². The third-order valence-electron chi connectivity index (χ3n) is 3.39. The maximum atomic E-state index is 14.5. The fourth-order valence-electron chi connectivity index (χ4n) is 2.16. The molecule has 2 aromatic rings. The van der Waals surface area contributed by atoms with Gasteiger partial charge in [0.15, 0.2) is 29.9 Å². The number of thiophene rings is 1. The number of halogens is 1. The number of hydrogen-bond donors (Lipinski definition) is 1. The second kappa shape index (κ2) is 7.59. The molecule has 1 unspecified atom stereocenters. The quantitative estimate of drug-likeness (QED) is 0.466.